The van der Waals surface area contributed by atoms with Crippen LogP contribution in [0.4, 0.5) is 0 Å². The first-order valence-corrected chi connectivity index (χ1v) is 24.5. The summed E-state index contributed by atoms with van der Waals surface area (Å²) in [5.74, 6) is 0. The standard InChI is InChI=1S/C27H20ClN.C22H17Cl.C6H5Br.C4H9O.C2H6.Na/c1-27(2)21-11-7-6-10-19(21)25-22(27)14-15-23-26(25)20-13-12-17(28)16-24(20)29(23)18-8-4-3-5-9-18;1-22(2)18-6-4-3-5-17(18)21-19(22)10-7-13-11-14-12-15(23)8-9-16(14)20(13)21;7-6-4-2-1-3-5-6;1-4(2,3)5;1-2;/h3-16H,1-2H3;3-10,12H,11H2,1-2H3;1-5H;1-3H3;1-2H3;/q;;;-1;;+1. The normalized spacial score (nSPS) is 13.5. The predicted octanol–water partition coefficient (Wildman–Crippen LogP) is 14.6. The summed E-state index contributed by atoms with van der Waals surface area (Å²) in [6.45, 7) is 18.2. The molecule has 0 saturated heterocycles. The molecule has 6 heteroatoms. The Morgan fingerprint density at radius 3 is 1.58 bits per heavy atom. The zero-order valence-corrected chi connectivity index (χ0v) is 45.5. The fraction of sp³-hybridized carbons (Fsp3) is 0.213. The van der Waals surface area contributed by atoms with Gasteiger partial charge in [-0.1, -0.05) is 217 Å². The third kappa shape index (κ3) is 9.77. The minimum absolute atomic E-state index is 0. The van der Waals surface area contributed by atoms with Crippen molar-refractivity contribution >= 4 is 60.9 Å². The van der Waals surface area contributed by atoms with Gasteiger partial charge >= 0.3 is 29.6 Å². The Hall–Kier alpha value is -4.42. The number of hydrogen-bond donors (Lipinski definition) is 0. The average molecular weight is 994 g/mol. The maximum atomic E-state index is 10.1. The molecule has 3 aliphatic carbocycles. The van der Waals surface area contributed by atoms with Crippen LogP contribution < -0.4 is 34.7 Å². The number of nitrogens with zero attached hydrogens (tertiary/aromatic N) is 1. The van der Waals surface area contributed by atoms with E-state index in [-0.39, 0.29) is 40.4 Å². The molecule has 0 fully saturated rings. The summed E-state index contributed by atoms with van der Waals surface area (Å²) in [6, 6.07) is 60.1. The quantitative estimate of drug-likeness (QED) is 0.151. The van der Waals surface area contributed by atoms with E-state index in [0.29, 0.717) is 0 Å². The Bertz CT molecular complexity index is 3210. The third-order valence-corrected chi connectivity index (χ3v) is 13.7. The summed E-state index contributed by atoms with van der Waals surface area (Å²) in [6.07, 6.45) is 0.987. The summed E-state index contributed by atoms with van der Waals surface area (Å²) in [4.78, 5) is 0. The van der Waals surface area contributed by atoms with Crippen molar-refractivity contribution in [1.82, 2.24) is 4.57 Å². The SMILES string of the molecule is Brc1ccccc1.CC.CC(C)(C)[O-].CC1(C)c2ccccc2-c2c1ccc1c2-c2ccc(Cl)cc2C1.CC1(C)c2ccccc2-c2c1ccc1c2c2ccc(Cl)cc2n1-c1ccccc1.[Na+]. The molecule has 0 spiro atoms. The van der Waals surface area contributed by atoms with Crippen LogP contribution in [0.2, 0.25) is 10.0 Å². The van der Waals surface area contributed by atoms with E-state index in [9.17, 15) is 5.11 Å². The molecular weight excluding hydrogens is 936 g/mol. The van der Waals surface area contributed by atoms with Crippen molar-refractivity contribution in [2.24, 2.45) is 0 Å². The molecule has 67 heavy (non-hydrogen) atoms. The molecule has 0 atom stereocenters. The Kier molecular flexibility index (Phi) is 15.3. The summed E-state index contributed by atoms with van der Waals surface area (Å²) < 4.78 is 3.47. The van der Waals surface area contributed by atoms with E-state index < -0.39 is 5.60 Å². The van der Waals surface area contributed by atoms with Crippen molar-refractivity contribution in [3.8, 4) is 39.1 Å². The van der Waals surface area contributed by atoms with E-state index in [1.165, 1.54) is 83.1 Å². The van der Waals surface area contributed by atoms with Crippen LogP contribution in [0, 0.1) is 0 Å². The molecule has 0 radical (unpaired) electrons. The van der Waals surface area contributed by atoms with Gasteiger partial charge in [0.05, 0.1) is 11.0 Å². The largest absolute Gasteiger partial charge is 1.00 e. The Morgan fingerprint density at radius 2 is 1.00 bits per heavy atom. The average Bonchev–Trinajstić information content (AvgIpc) is 3.97. The number of benzene rings is 8. The molecule has 2 nitrogen and oxygen atoms in total. The number of para-hydroxylation sites is 1. The molecule has 0 bridgehead atoms. The molecule has 0 N–H and O–H groups in total. The van der Waals surface area contributed by atoms with Gasteiger partial charge in [0.25, 0.3) is 0 Å². The molecule has 12 rings (SSSR count). The molecule has 8 aromatic carbocycles. The number of fused-ring (bicyclic) bond motifs is 14. The van der Waals surface area contributed by atoms with Gasteiger partial charge in [-0.05, 0) is 128 Å². The van der Waals surface area contributed by atoms with Gasteiger partial charge in [-0.15, -0.1) is 5.60 Å². The number of hydrogen-bond acceptors (Lipinski definition) is 1. The molecule has 0 amide bonds. The van der Waals surface area contributed by atoms with E-state index in [0.717, 1.165) is 32.1 Å². The Balaban J connectivity index is 0.000000156. The topological polar surface area (TPSA) is 28.0 Å². The Labute approximate surface area is 438 Å². The van der Waals surface area contributed by atoms with E-state index in [1.807, 2.05) is 56.3 Å². The fourth-order valence-electron chi connectivity index (χ4n) is 9.99. The van der Waals surface area contributed by atoms with Gasteiger partial charge in [0.15, 0.2) is 0 Å². The summed E-state index contributed by atoms with van der Waals surface area (Å²) in [7, 11) is 0. The van der Waals surface area contributed by atoms with Crippen LogP contribution in [0.5, 0.6) is 0 Å². The minimum atomic E-state index is -0.750. The van der Waals surface area contributed by atoms with Crippen molar-refractivity contribution in [3.63, 3.8) is 0 Å². The maximum Gasteiger partial charge on any atom is 1.00 e. The molecule has 0 saturated carbocycles. The van der Waals surface area contributed by atoms with Crippen LogP contribution in [-0.4, -0.2) is 10.2 Å². The molecule has 1 aromatic heterocycles. The molecular formula is C61H57BrCl2NNaO. The first-order chi connectivity index (χ1) is 31.5. The van der Waals surface area contributed by atoms with Gasteiger partial charge in [-0.3, -0.25) is 0 Å². The zero-order valence-electron chi connectivity index (χ0n) is 40.4. The van der Waals surface area contributed by atoms with Crippen LogP contribution in [0.1, 0.15) is 95.7 Å². The van der Waals surface area contributed by atoms with Gasteiger partial charge in [-0.25, -0.2) is 0 Å². The van der Waals surface area contributed by atoms with Crippen molar-refractivity contribution in [1.29, 1.82) is 0 Å². The number of rotatable bonds is 1. The predicted molar refractivity (Wildman–Crippen MR) is 286 cm³/mol. The molecule has 9 aromatic rings. The van der Waals surface area contributed by atoms with Crippen molar-refractivity contribution in [2.45, 2.75) is 85.2 Å². The minimum Gasteiger partial charge on any atom is -0.850 e. The number of halogens is 3. The molecule has 1 heterocycles. The monoisotopic (exact) mass is 991 g/mol. The summed E-state index contributed by atoms with van der Waals surface area (Å²) >= 11 is 16.0. The van der Waals surface area contributed by atoms with Gasteiger partial charge in [0, 0.05) is 41.8 Å². The third-order valence-electron chi connectivity index (χ3n) is 12.7. The summed E-state index contributed by atoms with van der Waals surface area (Å²) in [5.41, 5.74) is 19.6. The van der Waals surface area contributed by atoms with Crippen LogP contribution in [0.3, 0.4) is 0 Å². The summed E-state index contributed by atoms with van der Waals surface area (Å²) in [5, 5.41) is 14.3. The van der Waals surface area contributed by atoms with E-state index in [1.54, 1.807) is 20.8 Å². The van der Waals surface area contributed by atoms with E-state index in [2.05, 4.69) is 176 Å². The second-order valence-corrected chi connectivity index (χ2v) is 20.8. The zero-order chi connectivity index (χ0) is 47.1. The fourth-order valence-corrected chi connectivity index (χ4v) is 10.7. The first-order valence-electron chi connectivity index (χ1n) is 22.9. The second-order valence-electron chi connectivity index (χ2n) is 19.0. The molecule has 334 valence electrons. The van der Waals surface area contributed by atoms with Crippen molar-refractivity contribution < 1.29 is 34.7 Å². The van der Waals surface area contributed by atoms with Gasteiger partial charge in [-0.2, -0.15) is 0 Å². The van der Waals surface area contributed by atoms with Crippen LogP contribution in [0.15, 0.2) is 174 Å². The van der Waals surface area contributed by atoms with Crippen molar-refractivity contribution in [2.75, 3.05) is 0 Å². The van der Waals surface area contributed by atoms with Crippen molar-refractivity contribution in [3.05, 3.63) is 218 Å². The van der Waals surface area contributed by atoms with Crippen LogP contribution in [0.25, 0.3) is 60.9 Å². The van der Waals surface area contributed by atoms with Crippen LogP contribution in [-0.2, 0) is 17.3 Å². The smallest absolute Gasteiger partial charge is 0.850 e. The van der Waals surface area contributed by atoms with E-state index in [4.69, 9.17) is 23.2 Å². The van der Waals surface area contributed by atoms with Crippen LogP contribution >= 0.6 is 39.1 Å². The van der Waals surface area contributed by atoms with Gasteiger partial charge in [0.1, 0.15) is 0 Å². The van der Waals surface area contributed by atoms with Gasteiger partial charge < -0.3 is 9.67 Å². The number of aromatic nitrogens is 1. The second kappa shape index (κ2) is 20.3. The maximum absolute atomic E-state index is 10.1. The molecule has 0 aliphatic heterocycles. The Morgan fingerprint density at radius 1 is 0.507 bits per heavy atom. The van der Waals surface area contributed by atoms with E-state index >= 15 is 0 Å². The van der Waals surface area contributed by atoms with Gasteiger partial charge in [0.2, 0.25) is 0 Å². The molecule has 0 unspecified atom stereocenters. The molecule has 3 aliphatic rings. The first kappa shape index (κ1) is 50.5.